The van der Waals surface area contributed by atoms with Crippen molar-refractivity contribution < 1.29 is 17.9 Å². The average molecular weight is 391 g/mol. The van der Waals surface area contributed by atoms with Crippen LogP contribution >= 0.6 is 0 Å². The number of hydrogen-bond acceptors (Lipinski definition) is 4. The molecule has 1 unspecified atom stereocenters. The van der Waals surface area contributed by atoms with Gasteiger partial charge in [-0.3, -0.25) is 9.52 Å². The second-order valence-corrected chi connectivity index (χ2v) is 8.17. The maximum Gasteiger partial charge on any atom is 0.261 e. The van der Waals surface area contributed by atoms with E-state index in [1.54, 1.807) is 18.2 Å². The molecule has 2 rings (SSSR count). The Labute approximate surface area is 161 Å². The lowest BCUT2D eigenvalue weighted by Crippen LogP contribution is -2.35. The van der Waals surface area contributed by atoms with Crippen molar-refractivity contribution in [3.05, 3.63) is 54.1 Å². The zero-order valence-corrected chi connectivity index (χ0v) is 16.7. The van der Waals surface area contributed by atoms with Crippen LogP contribution in [0.2, 0.25) is 0 Å². The van der Waals surface area contributed by atoms with E-state index >= 15 is 0 Å². The normalized spacial score (nSPS) is 12.3. The molecule has 0 saturated heterocycles. The van der Waals surface area contributed by atoms with Crippen LogP contribution in [0.3, 0.4) is 0 Å². The van der Waals surface area contributed by atoms with Crippen molar-refractivity contribution in [2.24, 2.45) is 0 Å². The van der Waals surface area contributed by atoms with Crippen LogP contribution in [-0.2, 0) is 14.8 Å². The van der Waals surface area contributed by atoms with Gasteiger partial charge >= 0.3 is 0 Å². The first kappa shape index (κ1) is 20.8. The number of benzene rings is 2. The highest BCUT2D eigenvalue weighted by molar-refractivity contribution is 7.92. The third-order valence-corrected chi connectivity index (χ3v) is 5.30. The van der Waals surface area contributed by atoms with Gasteiger partial charge in [0.1, 0.15) is 5.75 Å². The predicted molar refractivity (Wildman–Crippen MR) is 106 cm³/mol. The number of ether oxygens (including phenoxy) is 1. The maximum absolute atomic E-state index is 12.5. The van der Waals surface area contributed by atoms with Gasteiger partial charge in [-0.1, -0.05) is 25.5 Å². The minimum Gasteiger partial charge on any atom is -0.484 e. The summed E-state index contributed by atoms with van der Waals surface area (Å²) in [7, 11) is -3.69. The molecule has 0 aliphatic rings. The predicted octanol–water partition coefficient (Wildman–Crippen LogP) is 3.48. The molecule has 146 valence electrons. The van der Waals surface area contributed by atoms with Crippen molar-refractivity contribution in [2.45, 2.75) is 44.6 Å². The lowest BCUT2D eigenvalue weighted by atomic mass is 10.2. The monoisotopic (exact) mass is 390 g/mol. The number of rotatable bonds is 9. The zero-order chi connectivity index (χ0) is 19.9. The van der Waals surface area contributed by atoms with Crippen LogP contribution in [0.5, 0.6) is 5.75 Å². The van der Waals surface area contributed by atoms with Gasteiger partial charge in [0.25, 0.3) is 15.9 Å². The molecule has 6 nitrogen and oxygen atoms in total. The summed E-state index contributed by atoms with van der Waals surface area (Å²) >= 11 is 0. The quantitative estimate of drug-likeness (QED) is 0.686. The fraction of sp³-hybridized carbons (Fsp3) is 0.350. The molecule has 0 spiro atoms. The van der Waals surface area contributed by atoms with Gasteiger partial charge in [-0.05, 0) is 62.2 Å². The summed E-state index contributed by atoms with van der Waals surface area (Å²) in [6.45, 7) is 5.79. The second-order valence-electron chi connectivity index (χ2n) is 6.49. The van der Waals surface area contributed by atoms with Crippen LogP contribution in [0.25, 0.3) is 0 Å². The average Bonchev–Trinajstić information content (AvgIpc) is 2.60. The highest BCUT2D eigenvalue weighted by Gasteiger charge is 2.14. The number of aryl methyl sites for hydroxylation is 1. The molecule has 1 atom stereocenters. The van der Waals surface area contributed by atoms with Crippen molar-refractivity contribution in [3.63, 3.8) is 0 Å². The largest absolute Gasteiger partial charge is 0.484 e. The fourth-order valence-corrected chi connectivity index (χ4v) is 3.66. The highest BCUT2D eigenvalue weighted by Crippen LogP contribution is 2.20. The Morgan fingerprint density at radius 2 is 1.85 bits per heavy atom. The lowest BCUT2D eigenvalue weighted by molar-refractivity contribution is -0.123. The van der Waals surface area contributed by atoms with Crippen molar-refractivity contribution >= 4 is 21.6 Å². The molecule has 2 N–H and O–H groups in total. The molecule has 0 aliphatic carbocycles. The number of anilines is 1. The Bertz CT molecular complexity index is 864. The van der Waals surface area contributed by atoms with E-state index in [0.29, 0.717) is 11.4 Å². The van der Waals surface area contributed by atoms with Crippen LogP contribution in [0.1, 0.15) is 32.3 Å². The fourth-order valence-electron chi connectivity index (χ4n) is 2.61. The standard InChI is InChI=1S/C20H26N2O4S/c1-4-6-16(3)21-20(23)14-26-18-9-11-19(12-10-18)27(24,25)22-17-8-5-7-15(2)13-17/h5,7-13,16,22H,4,6,14H2,1-3H3,(H,21,23). The molecule has 2 aromatic carbocycles. The molecule has 0 radical (unpaired) electrons. The van der Waals surface area contributed by atoms with Crippen LogP contribution in [-0.4, -0.2) is 27.0 Å². The van der Waals surface area contributed by atoms with Crippen molar-refractivity contribution in [2.75, 3.05) is 11.3 Å². The van der Waals surface area contributed by atoms with E-state index in [1.807, 2.05) is 19.9 Å². The van der Waals surface area contributed by atoms with E-state index < -0.39 is 10.0 Å². The van der Waals surface area contributed by atoms with Crippen LogP contribution in [0.15, 0.2) is 53.4 Å². The lowest BCUT2D eigenvalue weighted by Gasteiger charge is -2.13. The molecule has 27 heavy (non-hydrogen) atoms. The molecule has 2 aromatic rings. The molecule has 0 fully saturated rings. The summed E-state index contributed by atoms with van der Waals surface area (Å²) in [5.41, 5.74) is 1.47. The number of nitrogens with one attached hydrogen (secondary N) is 2. The van der Waals surface area contributed by atoms with Gasteiger partial charge < -0.3 is 10.1 Å². The Kier molecular flexibility index (Phi) is 7.24. The molecule has 0 saturated carbocycles. The first-order chi connectivity index (χ1) is 12.8. The third kappa shape index (κ3) is 6.60. The third-order valence-electron chi connectivity index (χ3n) is 3.90. The second kappa shape index (κ2) is 9.41. The molecular formula is C20H26N2O4S. The molecule has 0 aliphatic heterocycles. The van der Waals surface area contributed by atoms with Crippen molar-refractivity contribution in [3.8, 4) is 5.75 Å². The minimum atomic E-state index is -3.69. The summed E-state index contributed by atoms with van der Waals surface area (Å²) < 4.78 is 32.9. The van der Waals surface area contributed by atoms with Crippen LogP contribution in [0, 0.1) is 6.92 Å². The topological polar surface area (TPSA) is 84.5 Å². The molecule has 7 heteroatoms. The van der Waals surface area contributed by atoms with E-state index in [-0.39, 0.29) is 23.5 Å². The van der Waals surface area contributed by atoms with Gasteiger partial charge in [0.2, 0.25) is 0 Å². The summed E-state index contributed by atoms with van der Waals surface area (Å²) in [6.07, 6.45) is 1.90. The minimum absolute atomic E-state index is 0.103. The number of sulfonamides is 1. The first-order valence-corrected chi connectivity index (χ1v) is 10.4. The Morgan fingerprint density at radius 3 is 2.48 bits per heavy atom. The Balaban J connectivity index is 1.95. The molecular weight excluding hydrogens is 364 g/mol. The smallest absolute Gasteiger partial charge is 0.261 e. The van der Waals surface area contributed by atoms with Gasteiger partial charge in [-0.25, -0.2) is 8.42 Å². The van der Waals surface area contributed by atoms with Gasteiger partial charge in [-0.15, -0.1) is 0 Å². The van der Waals surface area contributed by atoms with Crippen molar-refractivity contribution in [1.29, 1.82) is 0 Å². The van der Waals surface area contributed by atoms with Gasteiger partial charge in [0, 0.05) is 11.7 Å². The van der Waals surface area contributed by atoms with Crippen LogP contribution in [0.4, 0.5) is 5.69 Å². The first-order valence-electron chi connectivity index (χ1n) is 8.92. The maximum atomic E-state index is 12.5. The summed E-state index contributed by atoms with van der Waals surface area (Å²) in [5.74, 6) is 0.233. The number of carbonyl (C=O) groups is 1. The Morgan fingerprint density at radius 1 is 1.15 bits per heavy atom. The summed E-state index contributed by atoms with van der Waals surface area (Å²) in [6, 6.07) is 13.2. The molecule has 1 amide bonds. The molecule has 0 heterocycles. The van der Waals surface area contributed by atoms with E-state index in [2.05, 4.69) is 17.0 Å². The molecule has 0 bridgehead atoms. The zero-order valence-electron chi connectivity index (χ0n) is 15.9. The van der Waals surface area contributed by atoms with E-state index in [9.17, 15) is 13.2 Å². The highest BCUT2D eigenvalue weighted by atomic mass is 32.2. The van der Waals surface area contributed by atoms with E-state index in [4.69, 9.17) is 4.74 Å². The van der Waals surface area contributed by atoms with Crippen molar-refractivity contribution in [1.82, 2.24) is 5.32 Å². The van der Waals surface area contributed by atoms with Crippen LogP contribution < -0.4 is 14.8 Å². The molecule has 0 aromatic heterocycles. The number of amides is 1. The Hall–Kier alpha value is -2.54. The van der Waals surface area contributed by atoms with E-state index in [1.165, 1.54) is 24.3 Å². The van der Waals surface area contributed by atoms with Gasteiger partial charge in [0.05, 0.1) is 4.90 Å². The van der Waals surface area contributed by atoms with E-state index in [0.717, 1.165) is 18.4 Å². The SMILES string of the molecule is CCCC(C)NC(=O)COc1ccc(S(=O)(=O)Nc2cccc(C)c2)cc1. The number of carbonyl (C=O) groups excluding carboxylic acids is 1. The summed E-state index contributed by atoms with van der Waals surface area (Å²) in [5, 5.41) is 2.85. The summed E-state index contributed by atoms with van der Waals surface area (Å²) in [4.78, 5) is 11.9. The van der Waals surface area contributed by atoms with Gasteiger partial charge in [-0.2, -0.15) is 0 Å². The number of hydrogen-bond donors (Lipinski definition) is 2. The van der Waals surface area contributed by atoms with Gasteiger partial charge in [0.15, 0.2) is 6.61 Å².